The number of carbonyl (C=O) groups excluding carboxylic acids is 3. The van der Waals surface area contributed by atoms with Crippen LogP contribution in [0.25, 0.3) is 6.08 Å². The number of methoxy groups -OCH3 is 1. The molecule has 0 saturated carbocycles. The Hall–Kier alpha value is -3.40. The molecule has 0 radical (unpaired) electrons. The highest BCUT2D eigenvalue weighted by Gasteiger charge is 2.34. The zero-order chi connectivity index (χ0) is 23.3. The third-order valence-corrected chi connectivity index (χ3v) is 5.38. The van der Waals surface area contributed by atoms with Gasteiger partial charge in [-0.05, 0) is 54.6 Å². The first-order valence-corrected chi connectivity index (χ1v) is 10.3. The van der Waals surface area contributed by atoms with Crippen molar-refractivity contribution in [1.29, 1.82) is 0 Å². The summed E-state index contributed by atoms with van der Waals surface area (Å²) in [5, 5.41) is 2.23. The number of ether oxygens (including phenoxy) is 2. The molecule has 0 bridgehead atoms. The van der Waals surface area contributed by atoms with Crippen molar-refractivity contribution in [2.24, 2.45) is 0 Å². The Morgan fingerprint density at radius 2 is 1.97 bits per heavy atom. The maximum absolute atomic E-state index is 12.6. The maximum atomic E-state index is 12.6. The number of nitrogens with one attached hydrogen (secondary N) is 1. The number of hydrogen-bond donors (Lipinski definition) is 1. The maximum Gasteiger partial charge on any atom is 0.387 e. The molecule has 1 aliphatic heterocycles. The minimum atomic E-state index is -3.00. The average molecular weight is 462 g/mol. The van der Waals surface area contributed by atoms with Crippen molar-refractivity contribution in [2.75, 3.05) is 20.2 Å². The van der Waals surface area contributed by atoms with Crippen molar-refractivity contribution in [3.8, 4) is 11.5 Å². The van der Waals surface area contributed by atoms with Crippen LogP contribution in [0.5, 0.6) is 11.5 Å². The average Bonchev–Trinajstić information content (AvgIpc) is 3.01. The molecule has 1 fully saturated rings. The van der Waals surface area contributed by atoms with E-state index >= 15 is 0 Å². The van der Waals surface area contributed by atoms with Gasteiger partial charge in [0.25, 0.3) is 17.1 Å². The van der Waals surface area contributed by atoms with Crippen LogP contribution in [0.3, 0.4) is 0 Å². The lowest BCUT2D eigenvalue weighted by atomic mass is 10.1. The third-order valence-electron chi connectivity index (χ3n) is 4.48. The quantitative estimate of drug-likeness (QED) is 0.596. The molecule has 32 heavy (non-hydrogen) atoms. The largest absolute Gasteiger partial charge is 0.493 e. The number of imide groups is 1. The van der Waals surface area contributed by atoms with Crippen LogP contribution in [0.15, 0.2) is 47.4 Å². The lowest BCUT2D eigenvalue weighted by molar-refractivity contribution is -0.122. The normalized spacial score (nSPS) is 14.9. The molecular weight excluding hydrogens is 442 g/mol. The number of thioether (sulfide) groups is 1. The number of nitrogens with zero attached hydrogens (tertiary/aromatic N) is 1. The Morgan fingerprint density at radius 3 is 2.66 bits per heavy atom. The van der Waals surface area contributed by atoms with Crippen molar-refractivity contribution in [3.63, 3.8) is 0 Å². The molecule has 0 aromatic heterocycles. The molecule has 2 aromatic rings. The number of halogens is 2. The van der Waals surface area contributed by atoms with E-state index in [9.17, 15) is 23.2 Å². The molecule has 7 nitrogen and oxygen atoms in total. The Bertz CT molecular complexity index is 1070. The Labute approximate surface area is 187 Å². The van der Waals surface area contributed by atoms with Gasteiger partial charge in [-0.15, -0.1) is 0 Å². The van der Waals surface area contributed by atoms with Crippen LogP contribution in [0.4, 0.5) is 13.6 Å². The minimum Gasteiger partial charge on any atom is -0.493 e. The summed E-state index contributed by atoms with van der Waals surface area (Å²) in [6.07, 6.45) is 1.46. The van der Waals surface area contributed by atoms with Crippen molar-refractivity contribution >= 4 is 34.9 Å². The summed E-state index contributed by atoms with van der Waals surface area (Å²) < 4.78 is 34.3. The smallest absolute Gasteiger partial charge is 0.387 e. The van der Waals surface area contributed by atoms with E-state index in [0.29, 0.717) is 11.1 Å². The molecule has 1 heterocycles. The van der Waals surface area contributed by atoms with Crippen molar-refractivity contribution in [3.05, 3.63) is 64.1 Å². The van der Waals surface area contributed by atoms with E-state index in [4.69, 9.17) is 4.74 Å². The van der Waals surface area contributed by atoms with Gasteiger partial charge >= 0.3 is 6.61 Å². The zero-order valence-corrected chi connectivity index (χ0v) is 18.1. The lowest BCUT2D eigenvalue weighted by Crippen LogP contribution is -2.37. The first-order chi connectivity index (χ1) is 15.3. The van der Waals surface area contributed by atoms with Crippen LogP contribution in [0, 0.1) is 6.92 Å². The van der Waals surface area contributed by atoms with E-state index in [1.54, 1.807) is 18.2 Å². The SMILES string of the molecule is COc1cc(/C=C2\SC(=O)N(CCNC(=O)c3cccc(C)c3)C2=O)ccc1OC(F)F. The molecular formula is C22H20F2N2O5S. The van der Waals surface area contributed by atoms with Crippen LogP contribution in [0.2, 0.25) is 0 Å². The second-order valence-corrected chi connectivity index (χ2v) is 7.74. The van der Waals surface area contributed by atoms with E-state index in [2.05, 4.69) is 10.1 Å². The highest BCUT2D eigenvalue weighted by molar-refractivity contribution is 8.18. The molecule has 10 heteroatoms. The minimum absolute atomic E-state index is 0.0179. The fourth-order valence-electron chi connectivity index (χ4n) is 2.98. The van der Waals surface area contributed by atoms with Gasteiger partial charge in [0.1, 0.15) is 0 Å². The fourth-order valence-corrected chi connectivity index (χ4v) is 3.85. The number of rotatable bonds is 8. The second kappa shape index (κ2) is 10.3. The summed E-state index contributed by atoms with van der Waals surface area (Å²) in [5.74, 6) is -0.875. The Kier molecular flexibility index (Phi) is 7.47. The topological polar surface area (TPSA) is 84.9 Å². The summed E-state index contributed by atoms with van der Waals surface area (Å²) in [6, 6.07) is 11.2. The second-order valence-electron chi connectivity index (χ2n) is 6.75. The van der Waals surface area contributed by atoms with Gasteiger partial charge in [-0.1, -0.05) is 23.8 Å². The van der Waals surface area contributed by atoms with Crippen LogP contribution in [-0.4, -0.2) is 48.8 Å². The standard InChI is InChI=1S/C22H20F2N2O5S/c1-13-4-3-5-15(10-13)19(27)25-8-9-26-20(28)18(32-22(26)29)12-14-6-7-16(31-21(23)24)17(11-14)30-2/h3-7,10-12,21H,8-9H2,1-2H3,(H,25,27)/b18-12-. The van der Waals surface area contributed by atoms with Gasteiger partial charge in [-0.2, -0.15) is 8.78 Å². The van der Waals surface area contributed by atoms with Gasteiger partial charge in [0.2, 0.25) is 0 Å². The molecule has 168 valence electrons. The van der Waals surface area contributed by atoms with Crippen LogP contribution >= 0.6 is 11.8 Å². The van der Waals surface area contributed by atoms with E-state index in [-0.39, 0.29) is 35.4 Å². The number of hydrogen-bond acceptors (Lipinski definition) is 6. The first-order valence-electron chi connectivity index (χ1n) is 9.51. The van der Waals surface area contributed by atoms with Gasteiger partial charge in [-0.3, -0.25) is 19.3 Å². The molecule has 0 aliphatic carbocycles. The molecule has 1 aliphatic rings. The Balaban J connectivity index is 1.64. The number of alkyl halides is 2. The highest BCUT2D eigenvalue weighted by atomic mass is 32.2. The van der Waals surface area contributed by atoms with Crippen molar-refractivity contribution in [2.45, 2.75) is 13.5 Å². The summed E-state index contributed by atoms with van der Waals surface area (Å²) in [5.41, 5.74) is 1.91. The van der Waals surface area contributed by atoms with Crippen LogP contribution < -0.4 is 14.8 Å². The number of carbonyl (C=O) groups is 3. The zero-order valence-electron chi connectivity index (χ0n) is 17.3. The first kappa shape index (κ1) is 23.3. The third kappa shape index (κ3) is 5.64. The van der Waals surface area contributed by atoms with E-state index in [0.717, 1.165) is 22.2 Å². The monoisotopic (exact) mass is 462 g/mol. The molecule has 1 saturated heterocycles. The molecule has 3 amide bonds. The predicted octanol–water partition coefficient (Wildman–Crippen LogP) is 4.07. The lowest BCUT2D eigenvalue weighted by Gasteiger charge is -2.13. The number of aryl methyl sites for hydroxylation is 1. The highest BCUT2D eigenvalue weighted by Crippen LogP contribution is 2.34. The van der Waals surface area contributed by atoms with E-state index < -0.39 is 17.8 Å². The van der Waals surface area contributed by atoms with Gasteiger partial charge in [0, 0.05) is 18.7 Å². The van der Waals surface area contributed by atoms with Crippen LogP contribution in [-0.2, 0) is 4.79 Å². The summed E-state index contributed by atoms with van der Waals surface area (Å²) in [6.45, 7) is -1.01. The van der Waals surface area contributed by atoms with Crippen LogP contribution in [0.1, 0.15) is 21.5 Å². The summed E-state index contributed by atoms with van der Waals surface area (Å²) in [7, 11) is 1.30. The molecule has 0 spiro atoms. The van der Waals surface area contributed by atoms with Gasteiger partial charge in [-0.25, -0.2) is 0 Å². The fraction of sp³-hybridized carbons (Fsp3) is 0.227. The number of amides is 3. The van der Waals surface area contributed by atoms with E-state index in [1.807, 2.05) is 13.0 Å². The molecule has 3 rings (SSSR count). The Morgan fingerprint density at radius 1 is 1.19 bits per heavy atom. The summed E-state index contributed by atoms with van der Waals surface area (Å²) in [4.78, 5) is 38.3. The molecule has 2 aromatic carbocycles. The van der Waals surface area contributed by atoms with Gasteiger partial charge in [0.15, 0.2) is 11.5 Å². The van der Waals surface area contributed by atoms with Gasteiger partial charge < -0.3 is 14.8 Å². The van der Waals surface area contributed by atoms with Gasteiger partial charge in [0.05, 0.1) is 12.0 Å². The predicted molar refractivity (Wildman–Crippen MR) is 116 cm³/mol. The molecule has 0 atom stereocenters. The van der Waals surface area contributed by atoms with E-state index in [1.165, 1.54) is 31.4 Å². The summed E-state index contributed by atoms with van der Waals surface area (Å²) >= 11 is 0.756. The molecule has 0 unspecified atom stereocenters. The molecule has 1 N–H and O–H groups in total. The number of benzene rings is 2. The van der Waals surface area contributed by atoms with Crippen molar-refractivity contribution in [1.82, 2.24) is 10.2 Å². The van der Waals surface area contributed by atoms with Crippen molar-refractivity contribution < 1.29 is 32.6 Å².